The van der Waals surface area contributed by atoms with Gasteiger partial charge >= 0.3 is 5.97 Å². The molecule has 0 radical (unpaired) electrons. The second-order valence-corrected chi connectivity index (χ2v) is 14.7. The van der Waals surface area contributed by atoms with Crippen LogP contribution in [-0.4, -0.2) is 53.7 Å². The highest BCUT2D eigenvalue weighted by atomic mass is 19.1. The Hall–Kier alpha value is -6.98. The first-order valence-electron chi connectivity index (χ1n) is 20.7. The zero-order valence-electron chi connectivity index (χ0n) is 37.0. The maximum Gasteiger partial charge on any atom is 0.358 e. The van der Waals surface area contributed by atoms with Gasteiger partial charge in [-0.15, -0.1) is 13.2 Å². The quantitative estimate of drug-likeness (QED) is 0.0251. The Labute approximate surface area is 373 Å². The Bertz CT molecular complexity index is 2450. The Balaban J connectivity index is 0.000000345. The van der Waals surface area contributed by atoms with Crippen LogP contribution in [0.3, 0.4) is 0 Å². The number of aromatic nitrogens is 2. The van der Waals surface area contributed by atoms with Crippen LogP contribution in [0.2, 0.25) is 0 Å². The minimum atomic E-state index is -0.822. The number of rotatable bonds is 23. The van der Waals surface area contributed by atoms with Gasteiger partial charge in [0, 0.05) is 61.8 Å². The number of methoxy groups -OCH3 is 1. The van der Waals surface area contributed by atoms with Crippen LogP contribution < -0.4 is 35.7 Å². The van der Waals surface area contributed by atoms with E-state index in [0.717, 1.165) is 25.0 Å². The van der Waals surface area contributed by atoms with E-state index in [4.69, 9.17) is 18.9 Å². The topological polar surface area (TPSA) is 173 Å². The first-order chi connectivity index (χ1) is 31.0. The zero-order chi connectivity index (χ0) is 48.2. The first-order valence-corrected chi connectivity index (χ1v) is 20.7. The van der Waals surface area contributed by atoms with Crippen molar-refractivity contribution in [3.8, 4) is 17.4 Å². The van der Waals surface area contributed by atoms with Crippen LogP contribution in [-0.2, 0) is 35.7 Å². The van der Waals surface area contributed by atoms with Gasteiger partial charge in [-0.05, 0) is 36.8 Å². The lowest BCUT2D eigenvalue weighted by atomic mass is 10.1. The van der Waals surface area contributed by atoms with E-state index in [1.54, 1.807) is 12.2 Å². The molecule has 2 N–H and O–H groups in total. The molecule has 0 aliphatic carbocycles. The molecule has 65 heavy (non-hydrogen) atoms. The van der Waals surface area contributed by atoms with E-state index in [2.05, 4.69) is 23.8 Å². The molecule has 0 aliphatic heterocycles. The van der Waals surface area contributed by atoms with Crippen molar-refractivity contribution in [2.75, 3.05) is 20.3 Å². The highest BCUT2D eigenvalue weighted by Gasteiger charge is 2.27. The number of nitrogens with zero attached hydrogens (tertiary/aromatic N) is 2. The van der Waals surface area contributed by atoms with E-state index in [1.165, 1.54) is 40.8 Å². The second-order valence-electron chi connectivity index (χ2n) is 14.7. The van der Waals surface area contributed by atoms with Crippen molar-refractivity contribution < 1.29 is 55.7 Å². The molecule has 18 heteroatoms. The van der Waals surface area contributed by atoms with Crippen molar-refractivity contribution in [2.24, 2.45) is 11.8 Å². The minimum Gasteiger partial charge on any atom is -0.487 e. The van der Waals surface area contributed by atoms with E-state index in [-0.39, 0.29) is 103 Å². The third-order valence-electron chi connectivity index (χ3n) is 9.63. The van der Waals surface area contributed by atoms with E-state index >= 15 is 0 Å². The molecule has 0 bridgehead atoms. The summed E-state index contributed by atoms with van der Waals surface area (Å²) >= 11 is 0. The molecule has 2 heterocycles. The van der Waals surface area contributed by atoms with Crippen molar-refractivity contribution >= 4 is 24.3 Å². The summed E-state index contributed by atoms with van der Waals surface area (Å²) in [6, 6.07) is 5.95. The number of carbonyl (C=O) groups is 4. The van der Waals surface area contributed by atoms with Crippen LogP contribution in [0.4, 0.5) is 17.6 Å². The lowest BCUT2D eigenvalue weighted by Gasteiger charge is -2.19. The van der Waals surface area contributed by atoms with Crippen molar-refractivity contribution in [3.63, 3.8) is 0 Å². The standard InChI is InChI=1S/C24H28F2N2O5.C23H26F2N2O5/c1-5-7-10-33-22-20(24(31)32-4)28(13-15(3)6-2)14-18(21(22)29)23(30)27-12-16-8-9-17(25)11-19(16)26;1-4-6-9-31-21-20(29)18(13-27(12-15(3)5-2)23(21)32-14-28)22(30)26-11-16-7-8-17(24)10-19(16)25/h6,8-9,11,14-15H,2,5,7,10,12-13H2,1,3-4H3,(H,27,30);5,7-8,10,13-15H,2,4,6,9,11-12H2,1,3H3,(H,26,30). The van der Waals surface area contributed by atoms with Gasteiger partial charge in [0.25, 0.3) is 18.3 Å². The van der Waals surface area contributed by atoms with Crippen LogP contribution in [0.1, 0.15) is 95.7 Å². The number of pyridine rings is 2. The van der Waals surface area contributed by atoms with Gasteiger partial charge in [-0.1, -0.05) is 64.8 Å². The molecular weight excluding hydrogens is 857 g/mol. The summed E-state index contributed by atoms with van der Waals surface area (Å²) in [6.45, 7) is 15.5. The summed E-state index contributed by atoms with van der Waals surface area (Å²) in [4.78, 5) is 75.3. The molecule has 0 saturated carbocycles. The van der Waals surface area contributed by atoms with Crippen molar-refractivity contribution in [1.29, 1.82) is 0 Å². The van der Waals surface area contributed by atoms with Crippen molar-refractivity contribution in [2.45, 2.75) is 79.6 Å². The van der Waals surface area contributed by atoms with E-state index in [9.17, 15) is 46.3 Å². The average molecular weight is 911 g/mol. The number of ether oxygens (including phenoxy) is 4. The van der Waals surface area contributed by atoms with Gasteiger partial charge < -0.3 is 38.7 Å². The van der Waals surface area contributed by atoms with Gasteiger partial charge in [0.1, 0.15) is 34.4 Å². The molecule has 0 fully saturated rings. The normalized spacial score (nSPS) is 11.5. The molecule has 2 unspecified atom stereocenters. The molecule has 4 rings (SSSR count). The highest BCUT2D eigenvalue weighted by Crippen LogP contribution is 2.26. The summed E-state index contributed by atoms with van der Waals surface area (Å²) in [5.41, 5.74) is -2.10. The van der Waals surface area contributed by atoms with Gasteiger partial charge in [0.2, 0.25) is 22.5 Å². The number of hydrogen-bond acceptors (Lipinski definition) is 10. The maximum absolute atomic E-state index is 13.9. The molecule has 4 aromatic rings. The molecule has 0 spiro atoms. The molecular formula is C47H54F4N4O10. The molecule has 2 aromatic heterocycles. The number of nitrogens with one attached hydrogen (secondary N) is 2. The molecule has 2 aromatic carbocycles. The minimum absolute atomic E-state index is 0.0518. The summed E-state index contributed by atoms with van der Waals surface area (Å²) < 4.78 is 77.9. The number of benzene rings is 2. The summed E-state index contributed by atoms with van der Waals surface area (Å²) in [5.74, 6) is -6.33. The third kappa shape index (κ3) is 14.8. The first kappa shape index (κ1) is 52.4. The summed E-state index contributed by atoms with van der Waals surface area (Å²) in [6.07, 6.45) is 8.69. The average Bonchev–Trinajstić information content (AvgIpc) is 3.28. The largest absolute Gasteiger partial charge is 0.487 e. The fourth-order valence-electron chi connectivity index (χ4n) is 5.88. The lowest BCUT2D eigenvalue weighted by Crippen LogP contribution is -2.33. The van der Waals surface area contributed by atoms with Crippen LogP contribution >= 0.6 is 0 Å². The predicted molar refractivity (Wildman–Crippen MR) is 234 cm³/mol. The van der Waals surface area contributed by atoms with Crippen LogP contribution in [0.5, 0.6) is 17.4 Å². The number of unbranched alkanes of at least 4 members (excludes halogenated alkanes) is 2. The summed E-state index contributed by atoms with van der Waals surface area (Å²) in [7, 11) is 1.18. The number of amides is 2. The predicted octanol–water partition coefficient (Wildman–Crippen LogP) is 7.44. The number of carbonyl (C=O) groups excluding carboxylic acids is 4. The molecule has 2 atom stereocenters. The fourth-order valence-corrected chi connectivity index (χ4v) is 5.88. The monoisotopic (exact) mass is 910 g/mol. The van der Waals surface area contributed by atoms with Crippen LogP contribution in [0.15, 0.2) is 83.7 Å². The van der Waals surface area contributed by atoms with E-state index in [0.29, 0.717) is 25.0 Å². The van der Waals surface area contributed by atoms with Gasteiger partial charge in [0.05, 0.1) is 20.3 Å². The summed E-state index contributed by atoms with van der Waals surface area (Å²) in [5, 5.41) is 4.92. The molecule has 0 saturated heterocycles. The Morgan fingerprint density at radius 1 is 0.723 bits per heavy atom. The second kappa shape index (κ2) is 26.0. The number of hydrogen-bond donors (Lipinski definition) is 2. The lowest BCUT2D eigenvalue weighted by molar-refractivity contribution is -0.121. The number of halogens is 4. The number of esters is 1. The van der Waals surface area contributed by atoms with Gasteiger partial charge in [0.15, 0.2) is 11.4 Å². The zero-order valence-corrected chi connectivity index (χ0v) is 37.0. The Morgan fingerprint density at radius 3 is 1.60 bits per heavy atom. The fraction of sp³-hybridized carbons (Fsp3) is 0.362. The van der Waals surface area contributed by atoms with Gasteiger partial charge in [-0.25, -0.2) is 22.4 Å². The van der Waals surface area contributed by atoms with Crippen molar-refractivity contribution in [3.05, 3.63) is 146 Å². The third-order valence-corrected chi connectivity index (χ3v) is 9.63. The molecule has 350 valence electrons. The molecule has 2 amide bonds. The molecule has 14 nitrogen and oxygen atoms in total. The highest BCUT2D eigenvalue weighted by molar-refractivity contribution is 5.97. The van der Waals surface area contributed by atoms with Gasteiger partial charge in [-0.2, -0.15) is 0 Å². The smallest absolute Gasteiger partial charge is 0.358 e. The van der Waals surface area contributed by atoms with E-state index in [1.807, 2.05) is 27.7 Å². The van der Waals surface area contributed by atoms with Crippen LogP contribution in [0, 0.1) is 35.1 Å². The SMILES string of the molecule is C=CC(C)Cn1cc(C(=O)NCc2ccc(F)cc2F)c(=O)c(OCCCC)c1C(=O)OC.C=CC(C)Cn1cc(C(=O)NCc2ccc(F)cc2F)c(=O)c(OCCCC)c1OC=O. The number of allylic oxidation sites excluding steroid dienone is 2. The van der Waals surface area contributed by atoms with E-state index < -0.39 is 51.9 Å². The van der Waals surface area contributed by atoms with Gasteiger partial charge in [-0.3, -0.25) is 24.0 Å². The Morgan fingerprint density at radius 2 is 1.17 bits per heavy atom. The molecule has 0 aliphatic rings. The Kier molecular flexibility index (Phi) is 20.9. The maximum atomic E-state index is 13.9. The van der Waals surface area contributed by atoms with Crippen LogP contribution in [0.25, 0.3) is 0 Å². The van der Waals surface area contributed by atoms with Crippen molar-refractivity contribution in [1.82, 2.24) is 19.8 Å².